The minimum Gasteiger partial charge on any atom is -0.507 e. The quantitative estimate of drug-likeness (QED) is 0.923. The van der Waals surface area contributed by atoms with E-state index in [-0.39, 0.29) is 17.2 Å². The number of carbonyl (C=O) groups is 1. The molecule has 0 bridgehead atoms. The summed E-state index contributed by atoms with van der Waals surface area (Å²) in [5.74, 6) is 0.112. The van der Waals surface area contributed by atoms with E-state index in [9.17, 15) is 9.90 Å². The van der Waals surface area contributed by atoms with Gasteiger partial charge in [0.05, 0.1) is 5.56 Å². The highest BCUT2D eigenvalue weighted by Gasteiger charge is 2.26. The number of aromatic hydroxyl groups is 1. The number of phenols is 1. The first-order chi connectivity index (χ1) is 10.6. The molecular formula is C17H17ClN2O2. The number of amides is 1. The summed E-state index contributed by atoms with van der Waals surface area (Å²) in [6.45, 7) is 1.35. The van der Waals surface area contributed by atoms with Crippen LogP contribution in [0.1, 0.15) is 34.7 Å². The highest BCUT2D eigenvalue weighted by atomic mass is 35.5. The summed E-state index contributed by atoms with van der Waals surface area (Å²) in [7, 11) is 0. The average Bonchev–Trinajstić information content (AvgIpc) is 2.57. The van der Waals surface area contributed by atoms with Gasteiger partial charge in [-0.1, -0.05) is 11.6 Å². The van der Waals surface area contributed by atoms with Crippen molar-refractivity contribution in [3.8, 4) is 5.75 Å². The molecule has 1 aromatic carbocycles. The lowest BCUT2D eigenvalue weighted by atomic mass is 9.91. The lowest BCUT2D eigenvalue weighted by molar-refractivity contribution is 0.0704. The molecule has 114 valence electrons. The van der Waals surface area contributed by atoms with Crippen molar-refractivity contribution >= 4 is 17.5 Å². The third-order valence-corrected chi connectivity index (χ3v) is 4.31. The van der Waals surface area contributed by atoms with E-state index in [1.165, 1.54) is 17.7 Å². The summed E-state index contributed by atoms with van der Waals surface area (Å²) < 4.78 is 0. The van der Waals surface area contributed by atoms with Gasteiger partial charge in [-0.3, -0.25) is 9.78 Å². The summed E-state index contributed by atoms with van der Waals surface area (Å²) in [5, 5.41) is 10.4. The Morgan fingerprint density at radius 2 is 2.05 bits per heavy atom. The molecule has 1 atom stereocenters. The number of aromatic nitrogens is 1. The average molecular weight is 317 g/mol. The van der Waals surface area contributed by atoms with Crippen LogP contribution in [0.4, 0.5) is 0 Å². The molecule has 1 N–H and O–H groups in total. The fraction of sp³-hybridized carbons (Fsp3) is 0.294. The fourth-order valence-corrected chi connectivity index (χ4v) is 3.09. The van der Waals surface area contributed by atoms with Gasteiger partial charge in [0.2, 0.25) is 0 Å². The standard InChI is InChI=1S/C17H17ClN2O2/c18-14-3-4-16(21)15(10-14)17(22)20-9-1-2-13(11-20)12-5-7-19-8-6-12/h3-8,10,13,21H,1-2,9,11H2/t13-/m0/s1. The van der Waals surface area contributed by atoms with Crippen LogP contribution in [0.5, 0.6) is 5.75 Å². The molecule has 3 rings (SSSR count). The summed E-state index contributed by atoms with van der Waals surface area (Å²) in [5.41, 5.74) is 1.46. The van der Waals surface area contributed by atoms with Gasteiger partial charge in [0.1, 0.15) is 5.75 Å². The maximum Gasteiger partial charge on any atom is 0.257 e. The minimum atomic E-state index is -0.168. The van der Waals surface area contributed by atoms with E-state index in [2.05, 4.69) is 4.98 Å². The topological polar surface area (TPSA) is 53.4 Å². The van der Waals surface area contributed by atoms with Crippen LogP contribution in [-0.4, -0.2) is 34.0 Å². The first kappa shape index (κ1) is 14.9. The Kier molecular flexibility index (Phi) is 4.29. The molecule has 0 saturated carbocycles. The largest absolute Gasteiger partial charge is 0.507 e. The van der Waals surface area contributed by atoms with Crippen molar-refractivity contribution in [3.63, 3.8) is 0 Å². The van der Waals surface area contributed by atoms with Crippen molar-refractivity contribution in [2.45, 2.75) is 18.8 Å². The maximum absolute atomic E-state index is 12.6. The van der Waals surface area contributed by atoms with Gasteiger partial charge in [-0.05, 0) is 48.7 Å². The summed E-state index contributed by atoms with van der Waals surface area (Å²) in [6.07, 6.45) is 5.55. The van der Waals surface area contributed by atoms with Gasteiger partial charge < -0.3 is 10.0 Å². The number of nitrogens with zero attached hydrogens (tertiary/aromatic N) is 2. The number of piperidine rings is 1. The van der Waals surface area contributed by atoms with Gasteiger partial charge in [0.15, 0.2) is 0 Å². The molecule has 2 heterocycles. The van der Waals surface area contributed by atoms with Crippen LogP contribution in [0, 0.1) is 0 Å². The van der Waals surface area contributed by atoms with Crippen molar-refractivity contribution in [2.75, 3.05) is 13.1 Å². The number of likely N-dealkylation sites (tertiary alicyclic amines) is 1. The van der Waals surface area contributed by atoms with E-state index in [0.29, 0.717) is 24.0 Å². The van der Waals surface area contributed by atoms with Gasteiger partial charge >= 0.3 is 0 Å². The third-order valence-electron chi connectivity index (χ3n) is 4.08. The minimum absolute atomic E-state index is 0.0274. The van der Waals surface area contributed by atoms with E-state index in [1.54, 1.807) is 23.4 Å². The molecule has 5 heteroatoms. The fourth-order valence-electron chi connectivity index (χ4n) is 2.92. The lowest BCUT2D eigenvalue weighted by Crippen LogP contribution is -2.39. The van der Waals surface area contributed by atoms with Crippen LogP contribution in [0.2, 0.25) is 5.02 Å². The van der Waals surface area contributed by atoms with Gasteiger partial charge in [-0.2, -0.15) is 0 Å². The van der Waals surface area contributed by atoms with Gasteiger partial charge in [0, 0.05) is 36.4 Å². The number of benzene rings is 1. The highest BCUT2D eigenvalue weighted by Crippen LogP contribution is 2.29. The van der Waals surface area contributed by atoms with Crippen molar-refractivity contribution < 1.29 is 9.90 Å². The Labute approximate surface area is 134 Å². The number of carbonyl (C=O) groups excluding carboxylic acids is 1. The molecule has 0 unspecified atom stereocenters. The molecule has 4 nitrogen and oxygen atoms in total. The Morgan fingerprint density at radius 1 is 1.27 bits per heavy atom. The van der Waals surface area contributed by atoms with Crippen LogP contribution in [0.3, 0.4) is 0 Å². The summed E-state index contributed by atoms with van der Waals surface area (Å²) in [4.78, 5) is 18.5. The Bertz CT molecular complexity index is 676. The predicted molar refractivity (Wildman–Crippen MR) is 85.2 cm³/mol. The van der Waals surface area contributed by atoms with Crippen molar-refractivity contribution in [1.29, 1.82) is 0 Å². The van der Waals surface area contributed by atoms with Crippen LogP contribution in [0.25, 0.3) is 0 Å². The normalized spacial score (nSPS) is 18.2. The number of pyridine rings is 1. The van der Waals surface area contributed by atoms with E-state index >= 15 is 0 Å². The van der Waals surface area contributed by atoms with Crippen LogP contribution >= 0.6 is 11.6 Å². The first-order valence-corrected chi connectivity index (χ1v) is 7.70. The van der Waals surface area contributed by atoms with Crippen molar-refractivity contribution in [3.05, 3.63) is 58.9 Å². The predicted octanol–water partition coefficient (Wildman–Crippen LogP) is 3.46. The number of phenolic OH excluding ortho intramolecular Hbond substituents is 1. The van der Waals surface area contributed by atoms with Crippen LogP contribution < -0.4 is 0 Å². The second-order valence-corrected chi connectivity index (χ2v) is 5.97. The monoisotopic (exact) mass is 316 g/mol. The molecule has 0 aliphatic carbocycles. The van der Waals surface area contributed by atoms with Crippen molar-refractivity contribution in [2.24, 2.45) is 0 Å². The summed E-state index contributed by atoms with van der Waals surface area (Å²) >= 11 is 5.94. The number of hydrogen-bond acceptors (Lipinski definition) is 3. The number of halogens is 1. The molecule has 1 aliphatic heterocycles. The Balaban J connectivity index is 1.80. The first-order valence-electron chi connectivity index (χ1n) is 7.33. The van der Waals surface area contributed by atoms with E-state index < -0.39 is 0 Å². The second-order valence-electron chi connectivity index (χ2n) is 5.53. The van der Waals surface area contributed by atoms with E-state index in [4.69, 9.17) is 11.6 Å². The number of hydrogen-bond donors (Lipinski definition) is 1. The maximum atomic E-state index is 12.6. The molecule has 1 aromatic heterocycles. The van der Waals surface area contributed by atoms with Crippen LogP contribution in [-0.2, 0) is 0 Å². The zero-order valence-electron chi connectivity index (χ0n) is 12.1. The number of rotatable bonds is 2. The van der Waals surface area contributed by atoms with E-state index in [0.717, 1.165) is 12.8 Å². The van der Waals surface area contributed by atoms with Crippen molar-refractivity contribution in [1.82, 2.24) is 9.88 Å². The third kappa shape index (κ3) is 3.07. The zero-order chi connectivity index (χ0) is 15.5. The molecule has 1 aliphatic rings. The second kappa shape index (κ2) is 6.36. The molecule has 2 aromatic rings. The Hall–Kier alpha value is -2.07. The molecule has 1 fully saturated rings. The van der Waals surface area contributed by atoms with Gasteiger partial charge in [0.25, 0.3) is 5.91 Å². The molecule has 1 amide bonds. The smallest absolute Gasteiger partial charge is 0.257 e. The Morgan fingerprint density at radius 3 is 2.82 bits per heavy atom. The molecule has 0 spiro atoms. The zero-order valence-corrected chi connectivity index (χ0v) is 12.8. The summed E-state index contributed by atoms with van der Waals surface area (Å²) in [6, 6.07) is 8.55. The molecule has 1 saturated heterocycles. The SMILES string of the molecule is O=C(c1cc(Cl)ccc1O)N1CCC[C@H](c2ccncc2)C1. The molecular weight excluding hydrogens is 300 g/mol. The van der Waals surface area contributed by atoms with Gasteiger partial charge in [-0.15, -0.1) is 0 Å². The molecule has 0 radical (unpaired) electrons. The van der Waals surface area contributed by atoms with Crippen LogP contribution in [0.15, 0.2) is 42.7 Å². The highest BCUT2D eigenvalue weighted by molar-refractivity contribution is 6.31. The van der Waals surface area contributed by atoms with E-state index in [1.807, 2.05) is 12.1 Å². The molecule has 22 heavy (non-hydrogen) atoms. The lowest BCUT2D eigenvalue weighted by Gasteiger charge is -2.33. The van der Waals surface area contributed by atoms with Gasteiger partial charge in [-0.25, -0.2) is 0 Å².